The van der Waals surface area contributed by atoms with Crippen molar-refractivity contribution in [2.24, 2.45) is 5.16 Å². The van der Waals surface area contributed by atoms with Gasteiger partial charge < -0.3 is 16.3 Å². The fourth-order valence-corrected chi connectivity index (χ4v) is 2.07. The maximum atomic E-state index is 13.1. The molecule has 1 heterocycles. The summed E-state index contributed by atoms with van der Waals surface area (Å²) in [4.78, 5) is 0. The highest BCUT2D eigenvalue weighted by atomic mass is 19.1. The maximum absolute atomic E-state index is 13.1. The SMILES string of the molecule is Nc1nonc1/C(=N\O)N[C@H]1Cc2ccc(F)cc21. The highest BCUT2D eigenvalue weighted by Crippen LogP contribution is 2.33. The van der Waals surface area contributed by atoms with Crippen LogP contribution in [0.3, 0.4) is 0 Å². The van der Waals surface area contributed by atoms with Gasteiger partial charge in [0, 0.05) is 0 Å². The molecule has 0 aliphatic heterocycles. The minimum Gasteiger partial charge on any atom is -0.409 e. The number of nitrogens with zero attached hydrogens (tertiary/aromatic N) is 3. The molecule has 4 N–H and O–H groups in total. The first-order valence-corrected chi connectivity index (χ1v) is 5.54. The van der Waals surface area contributed by atoms with Crippen LogP contribution in [0, 0.1) is 5.82 Å². The molecule has 7 nitrogen and oxygen atoms in total. The molecule has 0 amide bonds. The number of nitrogens with one attached hydrogen (secondary N) is 1. The van der Waals surface area contributed by atoms with E-state index >= 15 is 0 Å². The smallest absolute Gasteiger partial charge is 0.199 e. The average molecular weight is 263 g/mol. The molecule has 1 aromatic heterocycles. The lowest BCUT2D eigenvalue weighted by atomic mass is 9.83. The Hall–Kier alpha value is -2.64. The Balaban J connectivity index is 1.82. The first-order valence-electron chi connectivity index (χ1n) is 5.54. The summed E-state index contributed by atoms with van der Waals surface area (Å²) < 4.78 is 17.6. The number of rotatable bonds is 2. The third-order valence-corrected chi connectivity index (χ3v) is 3.06. The number of hydrogen-bond acceptors (Lipinski definition) is 6. The first-order chi connectivity index (χ1) is 9.19. The summed E-state index contributed by atoms with van der Waals surface area (Å²) in [5.41, 5.74) is 7.49. The second-order valence-corrected chi connectivity index (χ2v) is 4.19. The van der Waals surface area contributed by atoms with Gasteiger partial charge in [0.1, 0.15) is 5.82 Å². The van der Waals surface area contributed by atoms with E-state index in [-0.39, 0.29) is 29.2 Å². The van der Waals surface area contributed by atoms with Crippen LogP contribution in [-0.2, 0) is 6.42 Å². The molecular formula is C11H10FN5O2. The van der Waals surface area contributed by atoms with Crippen LogP contribution in [0.4, 0.5) is 10.2 Å². The lowest BCUT2D eigenvalue weighted by Gasteiger charge is -2.31. The zero-order valence-corrected chi connectivity index (χ0v) is 9.67. The summed E-state index contributed by atoms with van der Waals surface area (Å²) in [7, 11) is 0. The van der Waals surface area contributed by atoms with E-state index in [1.54, 1.807) is 6.07 Å². The molecule has 2 aromatic rings. The van der Waals surface area contributed by atoms with Gasteiger partial charge in [-0.1, -0.05) is 11.2 Å². The van der Waals surface area contributed by atoms with Crippen LogP contribution in [0.15, 0.2) is 28.0 Å². The van der Waals surface area contributed by atoms with E-state index in [1.807, 2.05) is 0 Å². The van der Waals surface area contributed by atoms with E-state index in [0.29, 0.717) is 6.42 Å². The van der Waals surface area contributed by atoms with Crippen molar-refractivity contribution in [1.29, 1.82) is 0 Å². The van der Waals surface area contributed by atoms with Crippen LogP contribution >= 0.6 is 0 Å². The number of amidine groups is 1. The van der Waals surface area contributed by atoms with Crippen LogP contribution in [0.5, 0.6) is 0 Å². The number of halogens is 1. The predicted octanol–water partition coefficient (Wildman–Crippen LogP) is 0.814. The lowest BCUT2D eigenvalue weighted by Crippen LogP contribution is -2.36. The second-order valence-electron chi connectivity index (χ2n) is 4.19. The fourth-order valence-electron chi connectivity index (χ4n) is 2.07. The molecule has 1 aliphatic carbocycles. The Bertz CT molecular complexity index is 654. The standard InChI is InChI=1S/C11H10FN5O2/c12-6-2-1-5-3-8(7(5)4-6)14-11(15-18)9-10(13)17-19-16-9/h1-2,4,8,18H,3H2,(H2,13,17)(H,14,15)/t8-/m0/s1. The maximum Gasteiger partial charge on any atom is 0.199 e. The Morgan fingerprint density at radius 1 is 1.53 bits per heavy atom. The lowest BCUT2D eigenvalue weighted by molar-refractivity contribution is 0.303. The minimum atomic E-state index is -0.310. The molecule has 19 heavy (non-hydrogen) atoms. The largest absolute Gasteiger partial charge is 0.409 e. The summed E-state index contributed by atoms with van der Waals surface area (Å²) >= 11 is 0. The van der Waals surface area contributed by atoms with Crippen LogP contribution in [0.25, 0.3) is 0 Å². The Labute approximate surface area is 106 Å². The van der Waals surface area contributed by atoms with Gasteiger partial charge in [-0.15, -0.1) is 0 Å². The number of anilines is 1. The zero-order valence-electron chi connectivity index (χ0n) is 9.67. The van der Waals surface area contributed by atoms with E-state index in [9.17, 15) is 4.39 Å². The number of oxime groups is 1. The predicted molar refractivity (Wildman–Crippen MR) is 63.0 cm³/mol. The van der Waals surface area contributed by atoms with Crippen LogP contribution in [0.1, 0.15) is 22.9 Å². The molecule has 1 atom stereocenters. The highest BCUT2D eigenvalue weighted by molar-refractivity contribution is 6.00. The number of aromatic nitrogens is 2. The summed E-state index contributed by atoms with van der Waals surface area (Å²) in [6.45, 7) is 0. The summed E-state index contributed by atoms with van der Waals surface area (Å²) in [6, 6.07) is 4.42. The Morgan fingerprint density at radius 2 is 2.37 bits per heavy atom. The van der Waals surface area contributed by atoms with Gasteiger partial charge in [0.2, 0.25) is 0 Å². The van der Waals surface area contributed by atoms with E-state index in [2.05, 4.69) is 25.4 Å². The molecule has 1 aliphatic rings. The molecule has 0 saturated carbocycles. The second kappa shape index (κ2) is 4.23. The van der Waals surface area contributed by atoms with Crippen molar-refractivity contribution in [3.8, 4) is 0 Å². The quantitative estimate of drug-likeness (QED) is 0.320. The van der Waals surface area contributed by atoms with Crippen LogP contribution in [0.2, 0.25) is 0 Å². The van der Waals surface area contributed by atoms with Gasteiger partial charge in [-0.05, 0) is 40.0 Å². The highest BCUT2D eigenvalue weighted by Gasteiger charge is 2.29. The van der Waals surface area contributed by atoms with Crippen molar-refractivity contribution in [1.82, 2.24) is 15.6 Å². The summed E-state index contributed by atoms with van der Waals surface area (Å²) in [6.07, 6.45) is 0.694. The van der Waals surface area contributed by atoms with E-state index in [0.717, 1.165) is 11.1 Å². The van der Waals surface area contributed by atoms with Crippen molar-refractivity contribution in [2.75, 3.05) is 5.73 Å². The Kier molecular flexibility index (Phi) is 2.55. The molecular weight excluding hydrogens is 253 g/mol. The molecule has 0 fully saturated rings. The number of nitrogen functional groups attached to an aromatic ring is 1. The van der Waals surface area contributed by atoms with Crippen LogP contribution < -0.4 is 11.1 Å². The molecule has 3 rings (SSSR count). The topological polar surface area (TPSA) is 110 Å². The molecule has 0 spiro atoms. The number of benzene rings is 1. The monoisotopic (exact) mass is 263 g/mol. The Morgan fingerprint density at radius 3 is 3.05 bits per heavy atom. The normalized spacial score (nSPS) is 17.7. The number of hydrogen-bond donors (Lipinski definition) is 3. The number of nitrogens with two attached hydrogens (primary N) is 1. The number of fused-ring (bicyclic) bond motifs is 1. The molecule has 0 unspecified atom stereocenters. The van der Waals surface area contributed by atoms with Crippen molar-refractivity contribution >= 4 is 11.7 Å². The molecule has 0 saturated heterocycles. The van der Waals surface area contributed by atoms with Gasteiger partial charge in [0.15, 0.2) is 17.3 Å². The van der Waals surface area contributed by atoms with E-state index in [1.165, 1.54) is 12.1 Å². The third kappa shape index (κ3) is 1.86. The zero-order chi connectivity index (χ0) is 13.4. The van der Waals surface area contributed by atoms with Crippen molar-refractivity contribution in [2.45, 2.75) is 12.5 Å². The van der Waals surface area contributed by atoms with Crippen molar-refractivity contribution in [3.05, 3.63) is 40.8 Å². The van der Waals surface area contributed by atoms with Gasteiger partial charge in [-0.2, -0.15) is 0 Å². The minimum absolute atomic E-state index is 0.0130. The van der Waals surface area contributed by atoms with Crippen molar-refractivity contribution in [3.63, 3.8) is 0 Å². The van der Waals surface area contributed by atoms with Crippen LogP contribution in [-0.4, -0.2) is 21.4 Å². The summed E-state index contributed by atoms with van der Waals surface area (Å²) in [5.74, 6) is -0.256. The van der Waals surface area contributed by atoms with Gasteiger partial charge in [0.05, 0.1) is 6.04 Å². The van der Waals surface area contributed by atoms with E-state index in [4.69, 9.17) is 10.9 Å². The molecule has 0 bridgehead atoms. The third-order valence-electron chi connectivity index (χ3n) is 3.06. The molecule has 8 heteroatoms. The molecule has 98 valence electrons. The fraction of sp³-hybridized carbons (Fsp3) is 0.182. The first kappa shape index (κ1) is 11.5. The average Bonchev–Trinajstić information content (AvgIpc) is 2.80. The molecule has 1 aromatic carbocycles. The van der Waals surface area contributed by atoms with Gasteiger partial charge in [-0.25, -0.2) is 9.02 Å². The van der Waals surface area contributed by atoms with Crippen molar-refractivity contribution < 1.29 is 14.2 Å². The van der Waals surface area contributed by atoms with E-state index < -0.39 is 0 Å². The van der Waals surface area contributed by atoms with Gasteiger partial charge >= 0.3 is 0 Å². The van der Waals surface area contributed by atoms with Gasteiger partial charge in [-0.3, -0.25) is 0 Å². The summed E-state index contributed by atoms with van der Waals surface area (Å²) in [5, 5.41) is 21.9. The molecule has 0 radical (unpaired) electrons. The van der Waals surface area contributed by atoms with Gasteiger partial charge in [0.25, 0.3) is 0 Å².